The third-order valence-electron chi connectivity index (χ3n) is 5.30. The molecule has 6 nitrogen and oxygen atoms in total. The van der Waals surface area contributed by atoms with Gasteiger partial charge in [0.2, 0.25) is 0 Å². The number of hydrogen-bond acceptors (Lipinski definition) is 4. The number of rotatable bonds is 7. The largest absolute Gasteiger partial charge is 0.477 e. The molecule has 0 fully saturated rings. The van der Waals surface area contributed by atoms with Crippen LogP contribution in [0.2, 0.25) is 5.02 Å². The lowest BCUT2D eigenvalue weighted by Gasteiger charge is -2.07. The van der Waals surface area contributed by atoms with Gasteiger partial charge < -0.3 is 5.11 Å². The molecule has 0 saturated heterocycles. The van der Waals surface area contributed by atoms with Gasteiger partial charge in [-0.2, -0.15) is 5.10 Å². The highest BCUT2D eigenvalue weighted by molar-refractivity contribution is 7.90. The van der Waals surface area contributed by atoms with Gasteiger partial charge in [0, 0.05) is 29.0 Å². The maximum Gasteiger partial charge on any atom is 0.354 e. The summed E-state index contributed by atoms with van der Waals surface area (Å²) in [6.07, 6.45) is 1.75. The van der Waals surface area contributed by atoms with Gasteiger partial charge in [-0.15, -0.1) is 0 Å². The Bertz CT molecular complexity index is 1400. The first-order valence-corrected chi connectivity index (χ1v) is 12.5. The van der Waals surface area contributed by atoms with Crippen LogP contribution in [0.5, 0.6) is 0 Å². The molecule has 0 aliphatic rings. The predicted molar refractivity (Wildman–Crippen MR) is 128 cm³/mol. The van der Waals surface area contributed by atoms with Crippen molar-refractivity contribution in [1.29, 1.82) is 0 Å². The normalized spacial score (nSPS) is 11.5. The van der Waals surface area contributed by atoms with Crippen molar-refractivity contribution in [3.05, 3.63) is 95.1 Å². The van der Waals surface area contributed by atoms with Crippen molar-refractivity contribution in [2.75, 3.05) is 6.26 Å². The van der Waals surface area contributed by atoms with Crippen molar-refractivity contribution >= 4 is 27.4 Å². The Balaban J connectivity index is 1.86. The van der Waals surface area contributed by atoms with Crippen molar-refractivity contribution in [3.63, 3.8) is 0 Å². The number of carbonyl (C=O) groups is 1. The van der Waals surface area contributed by atoms with E-state index in [0.717, 1.165) is 11.8 Å². The van der Waals surface area contributed by atoms with E-state index >= 15 is 0 Å². The number of aromatic nitrogens is 2. The van der Waals surface area contributed by atoms with E-state index in [4.69, 9.17) is 11.6 Å². The van der Waals surface area contributed by atoms with Gasteiger partial charge in [-0.1, -0.05) is 66.2 Å². The molecule has 8 heteroatoms. The SMILES string of the molecule is CS(=O)(=O)c1ccc(-c2nn(CCc3ccccc3)c(C(=O)O)c2-c2ccc(Cl)cc2)cc1. The van der Waals surface area contributed by atoms with Crippen molar-refractivity contribution in [2.24, 2.45) is 0 Å². The van der Waals surface area contributed by atoms with Crippen LogP contribution in [0.25, 0.3) is 22.4 Å². The minimum atomic E-state index is -3.36. The number of carboxylic acid groups (broad SMARTS) is 1. The molecule has 4 rings (SSSR count). The molecule has 0 bridgehead atoms. The van der Waals surface area contributed by atoms with Crippen molar-refractivity contribution in [2.45, 2.75) is 17.9 Å². The minimum absolute atomic E-state index is 0.0652. The molecule has 1 N–H and O–H groups in total. The van der Waals surface area contributed by atoms with E-state index in [1.807, 2.05) is 30.3 Å². The van der Waals surface area contributed by atoms with Gasteiger partial charge in [-0.25, -0.2) is 13.2 Å². The number of hydrogen-bond donors (Lipinski definition) is 1. The Hall–Kier alpha value is -3.42. The molecular formula is C25H21ClN2O4S. The second kappa shape index (κ2) is 9.21. The van der Waals surface area contributed by atoms with E-state index in [-0.39, 0.29) is 10.6 Å². The summed E-state index contributed by atoms with van der Waals surface area (Å²) in [5.41, 5.74) is 3.33. The fourth-order valence-corrected chi connectivity index (χ4v) is 4.43. The van der Waals surface area contributed by atoms with Crippen LogP contribution < -0.4 is 0 Å². The highest BCUT2D eigenvalue weighted by Gasteiger charge is 2.25. The average molecular weight is 481 g/mol. The van der Waals surface area contributed by atoms with Crippen LogP contribution in [0.4, 0.5) is 0 Å². The van der Waals surface area contributed by atoms with Gasteiger partial charge in [-0.3, -0.25) is 4.68 Å². The summed E-state index contributed by atoms with van der Waals surface area (Å²) in [4.78, 5) is 12.5. The molecule has 0 unspecified atom stereocenters. The number of halogens is 1. The highest BCUT2D eigenvalue weighted by Crippen LogP contribution is 2.36. The summed E-state index contributed by atoms with van der Waals surface area (Å²) in [7, 11) is -3.36. The monoisotopic (exact) mass is 480 g/mol. The molecule has 1 aromatic heterocycles. The fraction of sp³-hybridized carbons (Fsp3) is 0.120. The lowest BCUT2D eigenvalue weighted by atomic mass is 9.99. The zero-order valence-electron chi connectivity index (χ0n) is 17.8. The molecule has 0 radical (unpaired) electrons. The number of aromatic carboxylic acids is 1. The summed E-state index contributed by atoms with van der Waals surface area (Å²) in [6, 6.07) is 22.9. The van der Waals surface area contributed by atoms with Crippen molar-refractivity contribution in [1.82, 2.24) is 9.78 Å². The summed E-state index contributed by atoms with van der Waals surface area (Å²) < 4.78 is 25.2. The van der Waals surface area contributed by atoms with E-state index in [9.17, 15) is 18.3 Å². The second-order valence-corrected chi connectivity index (χ2v) is 10.1. The van der Waals surface area contributed by atoms with Crippen LogP contribution in [0, 0.1) is 0 Å². The smallest absolute Gasteiger partial charge is 0.354 e. The Morgan fingerprint density at radius 2 is 1.55 bits per heavy atom. The van der Waals surface area contributed by atoms with Crippen LogP contribution in [0.3, 0.4) is 0 Å². The number of sulfone groups is 1. The number of aryl methyl sites for hydroxylation is 2. The molecule has 0 aliphatic heterocycles. The first kappa shape index (κ1) is 22.8. The Morgan fingerprint density at radius 1 is 0.939 bits per heavy atom. The Labute approximate surface area is 197 Å². The molecule has 168 valence electrons. The molecule has 0 amide bonds. The maximum absolute atomic E-state index is 12.4. The zero-order chi connectivity index (χ0) is 23.6. The van der Waals surface area contributed by atoms with E-state index in [2.05, 4.69) is 5.10 Å². The minimum Gasteiger partial charge on any atom is -0.477 e. The highest BCUT2D eigenvalue weighted by atomic mass is 35.5. The number of nitrogens with zero attached hydrogens (tertiary/aromatic N) is 2. The Kier molecular flexibility index (Phi) is 6.35. The lowest BCUT2D eigenvalue weighted by Crippen LogP contribution is -2.12. The molecule has 0 saturated carbocycles. The quantitative estimate of drug-likeness (QED) is 0.392. The van der Waals surface area contributed by atoms with Crippen molar-refractivity contribution < 1.29 is 18.3 Å². The van der Waals surface area contributed by atoms with Crippen LogP contribution in [0.15, 0.2) is 83.8 Å². The summed E-state index contributed by atoms with van der Waals surface area (Å²) in [5, 5.41) is 15.3. The van der Waals surface area contributed by atoms with E-state index in [1.165, 1.54) is 16.8 Å². The third kappa shape index (κ3) is 4.99. The van der Waals surface area contributed by atoms with Gasteiger partial charge in [0.15, 0.2) is 15.5 Å². The standard InChI is InChI=1S/C25H21ClN2O4S/c1-33(31,32)21-13-9-19(10-14-21)23-22(18-7-11-20(26)12-8-18)24(25(29)30)28(27-23)16-15-17-5-3-2-4-6-17/h2-14H,15-16H2,1H3,(H,29,30). The van der Waals surface area contributed by atoms with Gasteiger partial charge in [0.05, 0.1) is 4.90 Å². The maximum atomic E-state index is 12.4. The summed E-state index contributed by atoms with van der Waals surface area (Å²) >= 11 is 6.05. The average Bonchev–Trinajstić information content (AvgIpc) is 3.18. The summed E-state index contributed by atoms with van der Waals surface area (Å²) in [6.45, 7) is 0.369. The fourth-order valence-electron chi connectivity index (χ4n) is 3.67. The van der Waals surface area contributed by atoms with Crippen LogP contribution in [-0.2, 0) is 22.8 Å². The topological polar surface area (TPSA) is 89.3 Å². The summed E-state index contributed by atoms with van der Waals surface area (Å²) in [5.74, 6) is -1.10. The van der Waals surface area contributed by atoms with Gasteiger partial charge in [0.25, 0.3) is 0 Å². The lowest BCUT2D eigenvalue weighted by molar-refractivity contribution is 0.0684. The molecular weight excluding hydrogens is 460 g/mol. The Morgan fingerprint density at radius 3 is 2.12 bits per heavy atom. The van der Waals surface area contributed by atoms with Gasteiger partial charge >= 0.3 is 5.97 Å². The molecule has 0 aliphatic carbocycles. The van der Waals surface area contributed by atoms with Crippen LogP contribution >= 0.6 is 11.6 Å². The number of carboxylic acids is 1. The first-order valence-electron chi connectivity index (χ1n) is 10.2. The molecule has 1 heterocycles. The van der Waals surface area contributed by atoms with Gasteiger partial charge in [-0.05, 0) is 41.8 Å². The first-order chi connectivity index (χ1) is 15.7. The second-order valence-electron chi connectivity index (χ2n) is 7.64. The molecule has 3 aromatic carbocycles. The van der Waals surface area contributed by atoms with E-state index in [1.54, 1.807) is 36.4 Å². The van der Waals surface area contributed by atoms with E-state index in [0.29, 0.717) is 40.4 Å². The third-order valence-corrected chi connectivity index (χ3v) is 6.68. The molecule has 0 atom stereocenters. The number of benzene rings is 3. The molecule has 0 spiro atoms. The van der Waals surface area contributed by atoms with Crippen LogP contribution in [0.1, 0.15) is 16.1 Å². The molecule has 4 aromatic rings. The van der Waals surface area contributed by atoms with E-state index < -0.39 is 15.8 Å². The zero-order valence-corrected chi connectivity index (χ0v) is 19.3. The van der Waals surface area contributed by atoms with Crippen molar-refractivity contribution in [3.8, 4) is 22.4 Å². The van der Waals surface area contributed by atoms with Gasteiger partial charge in [0.1, 0.15) is 5.69 Å². The molecule has 33 heavy (non-hydrogen) atoms. The predicted octanol–water partition coefficient (Wildman–Crippen LogP) is 5.21. The van der Waals surface area contributed by atoms with Crippen LogP contribution in [-0.4, -0.2) is 35.5 Å².